The number of aliphatic hydroxyl groups is 1. The summed E-state index contributed by atoms with van der Waals surface area (Å²) >= 11 is 0. The van der Waals surface area contributed by atoms with Gasteiger partial charge in [0.25, 0.3) is 0 Å². The molecule has 0 aromatic heterocycles. The number of ether oxygens (including phenoxy) is 1. The Kier molecular flexibility index (Phi) is 8.03. The van der Waals surface area contributed by atoms with E-state index in [4.69, 9.17) is 9.84 Å². The minimum Gasteiger partial charge on any atom is -0.466 e. The fourth-order valence-corrected chi connectivity index (χ4v) is 3.86. The third-order valence-electron chi connectivity index (χ3n) is 4.46. The summed E-state index contributed by atoms with van der Waals surface area (Å²) in [5, 5.41) is 9.30. The van der Waals surface area contributed by atoms with E-state index in [2.05, 4.69) is 4.18 Å². The highest BCUT2D eigenvalue weighted by Gasteiger charge is 2.49. The van der Waals surface area contributed by atoms with Crippen molar-refractivity contribution >= 4 is 26.9 Å². The van der Waals surface area contributed by atoms with Crippen LogP contribution in [0.5, 0.6) is 5.75 Å². The molecular weight excluding hydrogens is 463 g/mol. The first-order chi connectivity index (χ1) is 15.0. The van der Waals surface area contributed by atoms with Crippen molar-refractivity contribution in [2.24, 2.45) is 0 Å². The first kappa shape index (κ1) is 26.9. The molecule has 2 aromatic rings. The Morgan fingerprint density at radius 1 is 1.09 bits per heavy atom. The lowest BCUT2D eigenvalue weighted by Gasteiger charge is -2.19. The fourth-order valence-electron chi connectivity index (χ4n) is 3.35. The Hall–Kier alpha value is -2.37. The number of benzene rings is 2. The number of carbonyl (C=O) groups excluding carboxylic acids is 1. The Morgan fingerprint density at radius 3 is 2.12 bits per heavy atom. The zero-order chi connectivity index (χ0) is 25.2. The molecule has 0 aliphatic carbocycles. The van der Waals surface area contributed by atoms with Gasteiger partial charge in [-0.3, -0.25) is 9.69 Å². The van der Waals surface area contributed by atoms with Gasteiger partial charge < -0.3 is 14.0 Å². The van der Waals surface area contributed by atoms with Crippen LogP contribution in [0.1, 0.15) is 44.4 Å². The molecule has 0 spiro atoms. The van der Waals surface area contributed by atoms with E-state index in [-0.39, 0.29) is 17.6 Å². The standard InChI is InChI=1S/C18H18F3NO5S.C4H10O/c1-3-26-16(23)8-13-15-10-22(2)9-14(15)11-6-4-5-7-12(11)17(13)27-28(24,25)18(19,20)21;1-4(2,3)5/h4-7H,3,8-10H2,1-2H3;5H,1-3H3. The van der Waals surface area contributed by atoms with E-state index in [1.165, 1.54) is 6.07 Å². The molecule has 11 heteroatoms. The minimum absolute atomic E-state index is 0.0888. The molecule has 33 heavy (non-hydrogen) atoms. The summed E-state index contributed by atoms with van der Waals surface area (Å²) in [7, 11) is -4.09. The van der Waals surface area contributed by atoms with E-state index in [1.807, 2.05) is 11.9 Å². The Balaban J connectivity index is 0.000000696. The summed E-state index contributed by atoms with van der Waals surface area (Å²) in [5.41, 5.74) is -4.58. The van der Waals surface area contributed by atoms with Crippen molar-refractivity contribution in [1.82, 2.24) is 4.90 Å². The molecule has 1 aliphatic heterocycles. The van der Waals surface area contributed by atoms with E-state index in [0.29, 0.717) is 24.0 Å². The number of alkyl halides is 3. The van der Waals surface area contributed by atoms with Gasteiger partial charge in [0.2, 0.25) is 0 Å². The van der Waals surface area contributed by atoms with Crippen LogP contribution in [-0.2, 0) is 39.2 Å². The number of halogens is 3. The fraction of sp³-hybridized carbons (Fsp3) is 0.500. The predicted octanol–water partition coefficient (Wildman–Crippen LogP) is 3.90. The number of rotatable bonds is 5. The molecule has 7 nitrogen and oxygen atoms in total. The lowest BCUT2D eigenvalue weighted by atomic mass is 9.93. The van der Waals surface area contributed by atoms with Crippen molar-refractivity contribution in [2.75, 3.05) is 13.7 Å². The van der Waals surface area contributed by atoms with E-state index in [0.717, 1.165) is 5.56 Å². The number of hydrogen-bond acceptors (Lipinski definition) is 7. The molecule has 0 saturated heterocycles. The van der Waals surface area contributed by atoms with Gasteiger partial charge >= 0.3 is 21.6 Å². The Morgan fingerprint density at radius 2 is 1.61 bits per heavy atom. The second kappa shape index (κ2) is 9.86. The van der Waals surface area contributed by atoms with Gasteiger partial charge in [-0.15, -0.1) is 0 Å². The van der Waals surface area contributed by atoms with Gasteiger partial charge in [-0.05, 0) is 51.3 Å². The SMILES string of the molecule is CC(C)(C)O.CCOC(=O)Cc1c2c(c3ccccc3c1OS(=O)(=O)C(F)(F)F)CN(C)C2. The number of carbonyl (C=O) groups is 1. The van der Waals surface area contributed by atoms with Crippen molar-refractivity contribution in [3.63, 3.8) is 0 Å². The topological polar surface area (TPSA) is 93.1 Å². The number of hydrogen-bond donors (Lipinski definition) is 1. The van der Waals surface area contributed by atoms with Gasteiger partial charge in [0.1, 0.15) is 0 Å². The predicted molar refractivity (Wildman–Crippen MR) is 117 cm³/mol. The number of esters is 1. The molecule has 1 N–H and O–H groups in total. The molecule has 0 fully saturated rings. The first-order valence-electron chi connectivity index (χ1n) is 10.2. The van der Waals surface area contributed by atoms with Crippen LogP contribution >= 0.6 is 0 Å². The molecule has 1 aliphatic rings. The lowest BCUT2D eigenvalue weighted by Crippen LogP contribution is -2.29. The van der Waals surface area contributed by atoms with Crippen LogP contribution in [0, 0.1) is 0 Å². The molecule has 1 heterocycles. The zero-order valence-corrected chi connectivity index (χ0v) is 19.9. The summed E-state index contributed by atoms with van der Waals surface area (Å²) in [6, 6.07) is 6.43. The van der Waals surface area contributed by atoms with Gasteiger partial charge in [-0.1, -0.05) is 24.3 Å². The molecule has 2 aromatic carbocycles. The molecule has 0 radical (unpaired) electrons. The smallest absolute Gasteiger partial charge is 0.466 e. The first-order valence-corrected chi connectivity index (χ1v) is 11.6. The molecule has 0 bridgehead atoms. The zero-order valence-electron chi connectivity index (χ0n) is 19.1. The highest BCUT2D eigenvalue weighted by Crippen LogP contribution is 2.42. The van der Waals surface area contributed by atoms with E-state index >= 15 is 0 Å². The van der Waals surface area contributed by atoms with Crippen LogP contribution in [0.4, 0.5) is 13.2 Å². The van der Waals surface area contributed by atoms with Crippen LogP contribution in [0.2, 0.25) is 0 Å². The quantitative estimate of drug-likeness (QED) is 0.385. The Labute approximate surface area is 191 Å². The van der Waals surface area contributed by atoms with E-state index < -0.39 is 39.4 Å². The largest absolute Gasteiger partial charge is 0.534 e. The molecular formula is C22H28F3NO6S. The van der Waals surface area contributed by atoms with Gasteiger partial charge in [-0.25, -0.2) is 0 Å². The van der Waals surface area contributed by atoms with Crippen molar-refractivity contribution in [3.8, 4) is 5.75 Å². The average molecular weight is 492 g/mol. The summed E-state index contributed by atoms with van der Waals surface area (Å²) < 4.78 is 71.8. The van der Waals surface area contributed by atoms with Crippen LogP contribution in [0.25, 0.3) is 10.8 Å². The molecule has 184 valence electrons. The average Bonchev–Trinajstić information content (AvgIpc) is 3.04. The van der Waals surface area contributed by atoms with Crippen molar-refractivity contribution in [2.45, 2.75) is 58.3 Å². The van der Waals surface area contributed by atoms with Crippen LogP contribution in [0.3, 0.4) is 0 Å². The summed E-state index contributed by atoms with van der Waals surface area (Å²) in [6.45, 7) is 7.77. The maximum absolute atomic E-state index is 13.0. The summed E-state index contributed by atoms with van der Waals surface area (Å²) in [4.78, 5) is 14.0. The summed E-state index contributed by atoms with van der Waals surface area (Å²) in [6.07, 6.45) is -0.391. The Bertz CT molecular complexity index is 1120. The third-order valence-corrected chi connectivity index (χ3v) is 5.41. The van der Waals surface area contributed by atoms with Crippen molar-refractivity contribution in [1.29, 1.82) is 0 Å². The minimum atomic E-state index is -5.91. The maximum Gasteiger partial charge on any atom is 0.534 e. The second-order valence-electron chi connectivity index (χ2n) is 8.62. The van der Waals surface area contributed by atoms with Gasteiger partial charge in [0.15, 0.2) is 5.75 Å². The van der Waals surface area contributed by atoms with Gasteiger partial charge in [0.05, 0.1) is 18.6 Å². The monoisotopic (exact) mass is 491 g/mol. The normalized spacial score (nSPS) is 14.5. The van der Waals surface area contributed by atoms with Crippen molar-refractivity contribution < 1.29 is 40.4 Å². The van der Waals surface area contributed by atoms with Crippen molar-refractivity contribution in [3.05, 3.63) is 41.0 Å². The molecule has 0 atom stereocenters. The third kappa shape index (κ3) is 6.81. The lowest BCUT2D eigenvalue weighted by molar-refractivity contribution is -0.142. The highest BCUT2D eigenvalue weighted by molar-refractivity contribution is 7.88. The van der Waals surface area contributed by atoms with E-state index in [1.54, 1.807) is 45.9 Å². The second-order valence-corrected chi connectivity index (χ2v) is 10.2. The van der Waals surface area contributed by atoms with Crippen LogP contribution in [-0.4, -0.2) is 49.2 Å². The highest BCUT2D eigenvalue weighted by atomic mass is 32.2. The maximum atomic E-state index is 13.0. The van der Waals surface area contributed by atoms with Crippen LogP contribution in [0.15, 0.2) is 24.3 Å². The van der Waals surface area contributed by atoms with E-state index in [9.17, 15) is 26.4 Å². The molecule has 0 amide bonds. The number of nitrogens with zero attached hydrogens (tertiary/aromatic N) is 1. The molecule has 3 rings (SSSR count). The van der Waals surface area contributed by atoms with Gasteiger partial charge in [-0.2, -0.15) is 21.6 Å². The van der Waals surface area contributed by atoms with Crippen LogP contribution < -0.4 is 4.18 Å². The number of fused-ring (bicyclic) bond motifs is 3. The molecule has 0 unspecified atom stereocenters. The van der Waals surface area contributed by atoms with Gasteiger partial charge in [0, 0.05) is 24.0 Å². The summed E-state index contributed by atoms with van der Waals surface area (Å²) in [5.74, 6) is -1.15. The molecule has 0 saturated carbocycles.